The summed E-state index contributed by atoms with van der Waals surface area (Å²) in [5.41, 5.74) is 1.85. The van der Waals surface area contributed by atoms with Gasteiger partial charge in [-0.05, 0) is 44.2 Å². The van der Waals surface area contributed by atoms with Gasteiger partial charge in [-0.25, -0.2) is 4.79 Å². The van der Waals surface area contributed by atoms with E-state index in [0.29, 0.717) is 12.5 Å². The van der Waals surface area contributed by atoms with Crippen LogP contribution < -0.4 is 4.90 Å². The molecule has 1 atom stereocenters. The van der Waals surface area contributed by atoms with Crippen molar-refractivity contribution in [2.24, 2.45) is 0 Å². The summed E-state index contributed by atoms with van der Waals surface area (Å²) in [5, 5.41) is 2.05. The molecule has 0 saturated heterocycles. The fourth-order valence-corrected chi connectivity index (χ4v) is 3.78. The van der Waals surface area contributed by atoms with Crippen LogP contribution in [0.25, 0.3) is 0 Å². The van der Waals surface area contributed by atoms with Gasteiger partial charge in [-0.2, -0.15) is 0 Å². The van der Waals surface area contributed by atoms with E-state index in [2.05, 4.69) is 29.6 Å². The standard InChI is InChI=1S/C18H21NO2S/c1-18(2,3)21-17(20)19-12-14(16-15(19)9-10-22-16)11-13-7-5-4-6-8-13/h4-10,14H,11-12H2,1-3H3. The van der Waals surface area contributed by atoms with Gasteiger partial charge < -0.3 is 4.74 Å². The lowest BCUT2D eigenvalue weighted by atomic mass is 9.99. The Morgan fingerprint density at radius 1 is 1.27 bits per heavy atom. The average molecular weight is 315 g/mol. The lowest BCUT2D eigenvalue weighted by Gasteiger charge is -2.24. The lowest BCUT2D eigenvalue weighted by Crippen LogP contribution is -2.36. The number of carbonyl (C=O) groups excluding carboxylic acids is 1. The monoisotopic (exact) mass is 315 g/mol. The Kier molecular flexibility index (Phi) is 3.96. The van der Waals surface area contributed by atoms with E-state index in [4.69, 9.17) is 4.74 Å². The number of nitrogens with zero attached hydrogens (tertiary/aromatic N) is 1. The van der Waals surface area contributed by atoms with Gasteiger partial charge in [0.25, 0.3) is 0 Å². The van der Waals surface area contributed by atoms with Crippen LogP contribution in [0.3, 0.4) is 0 Å². The van der Waals surface area contributed by atoms with Crippen LogP contribution in [0.4, 0.5) is 10.5 Å². The van der Waals surface area contributed by atoms with Crippen LogP contribution in [0.5, 0.6) is 0 Å². The van der Waals surface area contributed by atoms with E-state index in [9.17, 15) is 4.79 Å². The molecular weight excluding hydrogens is 294 g/mol. The Hall–Kier alpha value is -1.81. The minimum Gasteiger partial charge on any atom is -0.443 e. The second-order valence-electron chi connectivity index (χ2n) is 6.65. The van der Waals surface area contributed by atoms with E-state index < -0.39 is 5.60 Å². The molecule has 22 heavy (non-hydrogen) atoms. The molecular formula is C18H21NO2S. The van der Waals surface area contributed by atoms with Crippen LogP contribution in [0.2, 0.25) is 0 Å². The van der Waals surface area contributed by atoms with Crippen LogP contribution in [0, 0.1) is 0 Å². The Balaban J connectivity index is 1.78. The number of anilines is 1. The largest absolute Gasteiger partial charge is 0.443 e. The molecule has 1 aromatic carbocycles. The smallest absolute Gasteiger partial charge is 0.414 e. The molecule has 3 nitrogen and oxygen atoms in total. The fraction of sp³-hybridized carbons (Fsp3) is 0.389. The first kappa shape index (κ1) is 15.1. The van der Waals surface area contributed by atoms with E-state index in [1.54, 1.807) is 16.2 Å². The summed E-state index contributed by atoms with van der Waals surface area (Å²) >= 11 is 1.73. The average Bonchev–Trinajstić information content (AvgIpc) is 3.02. The summed E-state index contributed by atoms with van der Waals surface area (Å²) in [7, 11) is 0. The highest BCUT2D eigenvalue weighted by Crippen LogP contribution is 2.42. The maximum absolute atomic E-state index is 12.4. The number of fused-ring (bicyclic) bond motifs is 1. The number of rotatable bonds is 2. The summed E-state index contributed by atoms with van der Waals surface area (Å²) in [5.74, 6) is 0.352. The van der Waals surface area contributed by atoms with Crippen LogP contribution in [-0.2, 0) is 11.2 Å². The number of amides is 1. The summed E-state index contributed by atoms with van der Waals surface area (Å²) in [4.78, 5) is 15.5. The van der Waals surface area contributed by atoms with Crippen molar-refractivity contribution in [2.75, 3.05) is 11.4 Å². The van der Waals surface area contributed by atoms with Crippen molar-refractivity contribution in [3.8, 4) is 0 Å². The molecule has 1 unspecified atom stereocenters. The van der Waals surface area contributed by atoms with E-state index in [-0.39, 0.29) is 6.09 Å². The molecule has 0 bridgehead atoms. The Labute approximate surface area is 135 Å². The van der Waals surface area contributed by atoms with Crippen molar-refractivity contribution in [3.05, 3.63) is 52.2 Å². The Morgan fingerprint density at radius 2 is 2.00 bits per heavy atom. The van der Waals surface area contributed by atoms with Crippen molar-refractivity contribution < 1.29 is 9.53 Å². The van der Waals surface area contributed by atoms with E-state index >= 15 is 0 Å². The third-order valence-corrected chi connectivity index (χ3v) is 4.75. The molecule has 4 heteroatoms. The van der Waals surface area contributed by atoms with Gasteiger partial charge in [-0.3, -0.25) is 4.90 Å². The topological polar surface area (TPSA) is 29.5 Å². The fourth-order valence-electron chi connectivity index (χ4n) is 2.79. The lowest BCUT2D eigenvalue weighted by molar-refractivity contribution is 0.0582. The van der Waals surface area contributed by atoms with Gasteiger partial charge in [0.1, 0.15) is 5.60 Å². The molecule has 1 aliphatic rings. The highest BCUT2D eigenvalue weighted by atomic mass is 32.1. The van der Waals surface area contributed by atoms with Gasteiger partial charge in [0.2, 0.25) is 0 Å². The molecule has 0 saturated carbocycles. The molecule has 1 aromatic heterocycles. The zero-order chi connectivity index (χ0) is 15.7. The molecule has 0 radical (unpaired) electrons. The van der Waals surface area contributed by atoms with Gasteiger partial charge in [0, 0.05) is 17.3 Å². The molecule has 0 aliphatic carbocycles. The van der Waals surface area contributed by atoms with Gasteiger partial charge in [0.05, 0.1) is 5.69 Å². The first-order valence-corrected chi connectivity index (χ1v) is 8.44. The SMILES string of the molecule is CC(C)(C)OC(=O)N1CC(Cc2ccccc2)c2sccc21. The van der Waals surface area contributed by atoms with Crippen LogP contribution >= 0.6 is 11.3 Å². The Morgan fingerprint density at radius 3 is 2.68 bits per heavy atom. The van der Waals surface area contributed by atoms with Crippen LogP contribution in [-0.4, -0.2) is 18.2 Å². The highest BCUT2D eigenvalue weighted by Gasteiger charge is 2.35. The highest BCUT2D eigenvalue weighted by molar-refractivity contribution is 7.10. The molecule has 0 spiro atoms. The second-order valence-corrected chi connectivity index (χ2v) is 7.60. The normalized spacial score (nSPS) is 17.4. The molecule has 116 valence electrons. The maximum atomic E-state index is 12.4. The summed E-state index contributed by atoms with van der Waals surface area (Å²) in [6.07, 6.45) is 0.705. The van der Waals surface area contributed by atoms with Crippen molar-refractivity contribution in [2.45, 2.75) is 38.7 Å². The number of carbonyl (C=O) groups is 1. The summed E-state index contributed by atoms with van der Waals surface area (Å²) < 4.78 is 5.54. The molecule has 1 aliphatic heterocycles. The van der Waals surface area contributed by atoms with Crippen LogP contribution in [0.1, 0.15) is 37.1 Å². The molecule has 1 amide bonds. The van der Waals surface area contributed by atoms with Gasteiger partial charge >= 0.3 is 6.09 Å². The Bertz CT molecular complexity index is 657. The maximum Gasteiger partial charge on any atom is 0.414 e. The molecule has 0 N–H and O–H groups in total. The summed E-state index contributed by atoms with van der Waals surface area (Å²) in [6, 6.07) is 12.5. The van der Waals surface area contributed by atoms with E-state index in [1.165, 1.54) is 10.4 Å². The first-order chi connectivity index (χ1) is 10.4. The quantitative estimate of drug-likeness (QED) is 0.794. The van der Waals surface area contributed by atoms with Crippen molar-refractivity contribution >= 4 is 23.1 Å². The van der Waals surface area contributed by atoms with E-state index in [1.807, 2.05) is 32.9 Å². The number of benzene rings is 1. The van der Waals surface area contributed by atoms with Crippen molar-refractivity contribution in [3.63, 3.8) is 0 Å². The zero-order valence-electron chi connectivity index (χ0n) is 13.2. The van der Waals surface area contributed by atoms with E-state index in [0.717, 1.165) is 12.1 Å². The van der Waals surface area contributed by atoms with Crippen molar-refractivity contribution in [1.82, 2.24) is 0 Å². The molecule has 2 heterocycles. The number of ether oxygens (including phenoxy) is 1. The first-order valence-electron chi connectivity index (χ1n) is 7.56. The predicted octanol–water partition coefficient (Wildman–Crippen LogP) is 4.83. The van der Waals surface area contributed by atoms with Gasteiger partial charge in [-0.1, -0.05) is 30.3 Å². The number of hydrogen-bond acceptors (Lipinski definition) is 3. The third-order valence-electron chi connectivity index (χ3n) is 3.68. The zero-order valence-corrected chi connectivity index (χ0v) is 14.0. The predicted molar refractivity (Wildman–Crippen MR) is 90.8 cm³/mol. The van der Waals surface area contributed by atoms with Crippen molar-refractivity contribution in [1.29, 1.82) is 0 Å². The summed E-state index contributed by atoms with van der Waals surface area (Å²) in [6.45, 7) is 6.40. The van der Waals surface area contributed by atoms with Gasteiger partial charge in [-0.15, -0.1) is 11.3 Å². The third kappa shape index (κ3) is 3.17. The van der Waals surface area contributed by atoms with Gasteiger partial charge in [0.15, 0.2) is 0 Å². The minimum atomic E-state index is -0.467. The second kappa shape index (κ2) is 5.76. The molecule has 2 aromatic rings. The number of thiophene rings is 1. The number of hydrogen-bond donors (Lipinski definition) is 0. The molecule has 0 fully saturated rings. The van der Waals surface area contributed by atoms with Crippen LogP contribution in [0.15, 0.2) is 41.8 Å². The minimum absolute atomic E-state index is 0.247. The molecule has 3 rings (SSSR count).